The van der Waals surface area contributed by atoms with Crippen LogP contribution in [0.15, 0.2) is 22.8 Å². The predicted molar refractivity (Wildman–Crippen MR) is 46.6 cm³/mol. The molecule has 0 aliphatic heterocycles. The van der Waals surface area contributed by atoms with E-state index in [2.05, 4.69) is 6.92 Å². The molecule has 0 spiro atoms. The molecule has 0 aliphatic carbocycles. The van der Waals surface area contributed by atoms with Crippen LogP contribution in [-0.4, -0.2) is 0 Å². The first-order chi connectivity index (χ1) is 5.43. The molecule has 1 rings (SSSR count). The van der Waals surface area contributed by atoms with Gasteiger partial charge >= 0.3 is 0 Å². The van der Waals surface area contributed by atoms with Crippen molar-refractivity contribution in [1.29, 1.82) is 0 Å². The van der Waals surface area contributed by atoms with Crippen LogP contribution in [0.25, 0.3) is 0 Å². The zero-order chi connectivity index (χ0) is 7.94. The molecule has 1 nitrogen and oxygen atoms in total. The molecule has 1 heteroatoms. The smallest absolute Gasteiger partial charge is 0.103 e. The first-order valence-corrected chi connectivity index (χ1v) is 4.46. The molecule has 0 unspecified atom stereocenters. The third-order valence-electron chi connectivity index (χ3n) is 1.86. The van der Waals surface area contributed by atoms with Gasteiger partial charge in [-0.2, -0.15) is 0 Å². The summed E-state index contributed by atoms with van der Waals surface area (Å²) in [6.45, 7) is 2.23. The van der Waals surface area contributed by atoms with Crippen LogP contribution < -0.4 is 0 Å². The van der Waals surface area contributed by atoms with Crippen molar-refractivity contribution >= 4 is 0 Å². The van der Waals surface area contributed by atoms with Gasteiger partial charge in [-0.3, -0.25) is 0 Å². The Hall–Kier alpha value is -0.720. The first-order valence-electron chi connectivity index (χ1n) is 4.46. The molecule has 0 saturated carbocycles. The van der Waals surface area contributed by atoms with E-state index in [9.17, 15) is 0 Å². The Labute approximate surface area is 68.4 Å². The highest BCUT2D eigenvalue weighted by molar-refractivity contribution is 4.97. The Balaban J connectivity index is 2.04. The minimum absolute atomic E-state index is 1.10. The second-order valence-corrected chi connectivity index (χ2v) is 2.89. The van der Waals surface area contributed by atoms with Crippen LogP contribution in [-0.2, 0) is 6.42 Å². The van der Waals surface area contributed by atoms with Crippen molar-refractivity contribution in [3.63, 3.8) is 0 Å². The summed E-state index contributed by atoms with van der Waals surface area (Å²) in [7, 11) is 0. The van der Waals surface area contributed by atoms with Gasteiger partial charge < -0.3 is 4.42 Å². The van der Waals surface area contributed by atoms with E-state index in [1.165, 1.54) is 25.7 Å². The fourth-order valence-corrected chi connectivity index (χ4v) is 1.18. The predicted octanol–water partition coefficient (Wildman–Crippen LogP) is 3.40. The van der Waals surface area contributed by atoms with Gasteiger partial charge in [-0.15, -0.1) is 0 Å². The molecule has 62 valence electrons. The van der Waals surface area contributed by atoms with E-state index in [0.29, 0.717) is 0 Å². The van der Waals surface area contributed by atoms with Crippen molar-refractivity contribution in [2.24, 2.45) is 0 Å². The molecule has 0 amide bonds. The summed E-state index contributed by atoms with van der Waals surface area (Å²) in [5.41, 5.74) is 0. The molecule has 0 atom stereocenters. The largest absolute Gasteiger partial charge is 0.469 e. The van der Waals surface area contributed by atoms with E-state index in [4.69, 9.17) is 4.42 Å². The quantitative estimate of drug-likeness (QED) is 0.589. The second-order valence-electron chi connectivity index (χ2n) is 2.89. The number of aryl methyl sites for hydroxylation is 1. The molecule has 0 fully saturated rings. The molecular weight excluding hydrogens is 136 g/mol. The molecule has 0 N–H and O–H groups in total. The van der Waals surface area contributed by atoms with E-state index < -0.39 is 0 Å². The maximum absolute atomic E-state index is 5.21. The highest BCUT2D eigenvalue weighted by Crippen LogP contribution is 2.07. The Morgan fingerprint density at radius 3 is 2.82 bits per heavy atom. The van der Waals surface area contributed by atoms with Crippen LogP contribution >= 0.6 is 0 Å². The molecule has 0 aromatic carbocycles. The minimum Gasteiger partial charge on any atom is -0.469 e. The van der Waals surface area contributed by atoms with Gasteiger partial charge in [0.25, 0.3) is 0 Å². The average Bonchev–Trinajstić information content (AvgIpc) is 2.50. The van der Waals surface area contributed by atoms with Crippen molar-refractivity contribution in [1.82, 2.24) is 0 Å². The topological polar surface area (TPSA) is 13.1 Å². The summed E-state index contributed by atoms with van der Waals surface area (Å²) in [6, 6.07) is 4.00. The van der Waals surface area contributed by atoms with Crippen LogP contribution in [0.1, 0.15) is 38.4 Å². The minimum atomic E-state index is 1.10. The highest BCUT2D eigenvalue weighted by atomic mass is 16.3. The van der Waals surface area contributed by atoms with Crippen LogP contribution in [0.5, 0.6) is 0 Å². The fourth-order valence-electron chi connectivity index (χ4n) is 1.18. The van der Waals surface area contributed by atoms with Crippen LogP contribution in [0.2, 0.25) is 0 Å². The van der Waals surface area contributed by atoms with Crippen molar-refractivity contribution in [2.75, 3.05) is 0 Å². The summed E-state index contributed by atoms with van der Waals surface area (Å²) in [5.74, 6) is 1.13. The SMILES string of the molecule is CCCCCCc1ccco1. The number of hydrogen-bond acceptors (Lipinski definition) is 1. The maximum atomic E-state index is 5.21. The van der Waals surface area contributed by atoms with E-state index in [-0.39, 0.29) is 0 Å². The standard InChI is InChI=1S/C10H16O/c1-2-3-4-5-7-10-8-6-9-11-10/h6,8-9H,2-5,7H2,1H3. The number of rotatable bonds is 5. The molecule has 1 heterocycles. The zero-order valence-electron chi connectivity index (χ0n) is 7.18. The van der Waals surface area contributed by atoms with Gasteiger partial charge in [0.05, 0.1) is 6.26 Å². The van der Waals surface area contributed by atoms with Crippen molar-refractivity contribution in [3.8, 4) is 0 Å². The van der Waals surface area contributed by atoms with Gasteiger partial charge in [0, 0.05) is 6.42 Å². The lowest BCUT2D eigenvalue weighted by Crippen LogP contribution is -1.81. The molecule has 0 saturated heterocycles. The highest BCUT2D eigenvalue weighted by Gasteiger charge is 1.93. The van der Waals surface area contributed by atoms with E-state index in [1.54, 1.807) is 6.26 Å². The Bertz CT molecular complexity index is 165. The normalized spacial score (nSPS) is 10.3. The third-order valence-corrected chi connectivity index (χ3v) is 1.86. The Kier molecular flexibility index (Phi) is 3.81. The van der Waals surface area contributed by atoms with E-state index in [0.717, 1.165) is 12.2 Å². The van der Waals surface area contributed by atoms with Crippen molar-refractivity contribution in [2.45, 2.75) is 39.0 Å². The summed E-state index contributed by atoms with van der Waals surface area (Å²) in [5, 5.41) is 0. The molecular formula is C10H16O. The Morgan fingerprint density at radius 2 is 2.18 bits per heavy atom. The Morgan fingerprint density at radius 1 is 1.27 bits per heavy atom. The lowest BCUT2D eigenvalue weighted by Gasteiger charge is -1.95. The van der Waals surface area contributed by atoms with Gasteiger partial charge in [-0.1, -0.05) is 26.2 Å². The summed E-state index contributed by atoms with van der Waals surface area (Å²) >= 11 is 0. The number of hydrogen-bond donors (Lipinski definition) is 0. The summed E-state index contributed by atoms with van der Waals surface area (Å²) in [6.07, 6.45) is 8.10. The molecule has 1 aromatic heterocycles. The zero-order valence-corrected chi connectivity index (χ0v) is 7.18. The second kappa shape index (κ2) is 5.00. The number of furan rings is 1. The van der Waals surface area contributed by atoms with Crippen molar-refractivity contribution in [3.05, 3.63) is 24.2 Å². The maximum Gasteiger partial charge on any atom is 0.103 e. The van der Waals surface area contributed by atoms with Crippen LogP contribution in [0, 0.1) is 0 Å². The van der Waals surface area contributed by atoms with Gasteiger partial charge in [0.2, 0.25) is 0 Å². The van der Waals surface area contributed by atoms with Gasteiger partial charge in [0.1, 0.15) is 5.76 Å². The molecule has 1 aromatic rings. The van der Waals surface area contributed by atoms with E-state index >= 15 is 0 Å². The fraction of sp³-hybridized carbons (Fsp3) is 0.600. The van der Waals surface area contributed by atoms with Crippen LogP contribution in [0.4, 0.5) is 0 Å². The van der Waals surface area contributed by atoms with Crippen molar-refractivity contribution < 1.29 is 4.42 Å². The lowest BCUT2D eigenvalue weighted by atomic mass is 10.1. The summed E-state index contributed by atoms with van der Waals surface area (Å²) < 4.78 is 5.21. The van der Waals surface area contributed by atoms with E-state index in [1.807, 2.05) is 12.1 Å². The molecule has 0 aliphatic rings. The molecule has 0 radical (unpaired) electrons. The van der Waals surface area contributed by atoms with Gasteiger partial charge in [-0.25, -0.2) is 0 Å². The molecule has 11 heavy (non-hydrogen) atoms. The van der Waals surface area contributed by atoms with Gasteiger partial charge in [-0.05, 0) is 18.6 Å². The lowest BCUT2D eigenvalue weighted by molar-refractivity contribution is 0.494. The monoisotopic (exact) mass is 152 g/mol. The molecule has 0 bridgehead atoms. The van der Waals surface area contributed by atoms with Crippen LogP contribution in [0.3, 0.4) is 0 Å². The summed E-state index contributed by atoms with van der Waals surface area (Å²) in [4.78, 5) is 0. The average molecular weight is 152 g/mol. The first kappa shape index (κ1) is 8.38. The number of unbranched alkanes of at least 4 members (excludes halogenated alkanes) is 3. The third kappa shape index (κ3) is 3.26. The van der Waals surface area contributed by atoms with Gasteiger partial charge in [0.15, 0.2) is 0 Å².